The van der Waals surface area contributed by atoms with E-state index < -0.39 is 0 Å². The molecular formula is C21H18BrFN2. The first-order valence-corrected chi connectivity index (χ1v) is 9.59. The van der Waals surface area contributed by atoms with Gasteiger partial charge in [0.25, 0.3) is 0 Å². The highest BCUT2D eigenvalue weighted by Crippen LogP contribution is 2.50. The molecule has 0 spiro atoms. The van der Waals surface area contributed by atoms with E-state index in [1.54, 1.807) is 12.3 Å². The van der Waals surface area contributed by atoms with Gasteiger partial charge in [0.15, 0.2) is 0 Å². The summed E-state index contributed by atoms with van der Waals surface area (Å²) < 4.78 is 14.9. The molecular weight excluding hydrogens is 379 g/mol. The molecule has 3 unspecified atom stereocenters. The fourth-order valence-corrected chi connectivity index (χ4v) is 5.09. The number of pyridine rings is 1. The summed E-state index contributed by atoms with van der Waals surface area (Å²) in [6.07, 6.45) is 5.18. The highest BCUT2D eigenvalue weighted by molar-refractivity contribution is 9.10. The number of hydrogen-bond donors (Lipinski definition) is 1. The molecule has 126 valence electrons. The van der Waals surface area contributed by atoms with Crippen LogP contribution >= 0.6 is 15.9 Å². The Morgan fingerprint density at radius 1 is 1.12 bits per heavy atom. The summed E-state index contributed by atoms with van der Waals surface area (Å²) in [4.78, 5) is 4.53. The highest BCUT2D eigenvalue weighted by Gasteiger charge is 2.44. The standard InChI is InChI=1S/C21H18BrFN2/c22-17-11-24-21(15-6-3-7-18(23)20(15)17)25-19-10-16-13-5-2-1-4-12(13)8-9-14(16)19/h1-7,11,14,16,19H,8-10H2,(H,24,25). The second-order valence-electron chi connectivity index (χ2n) is 7.11. The second kappa shape index (κ2) is 5.80. The quantitative estimate of drug-likeness (QED) is 0.603. The fraction of sp³-hybridized carbons (Fsp3) is 0.286. The van der Waals surface area contributed by atoms with Crippen LogP contribution in [0.15, 0.2) is 53.1 Å². The summed E-state index contributed by atoms with van der Waals surface area (Å²) in [5.74, 6) is 1.87. The van der Waals surface area contributed by atoms with Gasteiger partial charge >= 0.3 is 0 Å². The summed E-state index contributed by atoms with van der Waals surface area (Å²) in [5, 5.41) is 5.05. The monoisotopic (exact) mass is 396 g/mol. The van der Waals surface area contributed by atoms with Crippen molar-refractivity contribution < 1.29 is 4.39 Å². The van der Waals surface area contributed by atoms with Crippen molar-refractivity contribution in [1.29, 1.82) is 0 Å². The number of nitrogens with zero attached hydrogens (tertiary/aromatic N) is 1. The van der Waals surface area contributed by atoms with E-state index in [1.165, 1.54) is 23.6 Å². The van der Waals surface area contributed by atoms with Gasteiger partial charge in [-0.15, -0.1) is 0 Å². The molecule has 1 fully saturated rings. The van der Waals surface area contributed by atoms with E-state index in [0.29, 0.717) is 27.7 Å². The van der Waals surface area contributed by atoms with Crippen LogP contribution in [-0.4, -0.2) is 11.0 Å². The van der Waals surface area contributed by atoms with Crippen LogP contribution in [0, 0.1) is 11.7 Å². The van der Waals surface area contributed by atoms with Crippen molar-refractivity contribution in [2.45, 2.75) is 31.2 Å². The van der Waals surface area contributed by atoms with Crippen molar-refractivity contribution in [3.8, 4) is 0 Å². The number of halogens is 2. The molecule has 1 N–H and O–H groups in total. The van der Waals surface area contributed by atoms with Gasteiger partial charge in [-0.2, -0.15) is 0 Å². The number of hydrogen-bond acceptors (Lipinski definition) is 2. The SMILES string of the molecule is Fc1cccc2c(NC3CC4c5ccccc5CCC34)ncc(Br)c12. The van der Waals surface area contributed by atoms with Crippen LogP contribution in [0.3, 0.4) is 0 Å². The molecule has 2 nitrogen and oxygen atoms in total. The molecule has 2 aromatic carbocycles. The first kappa shape index (κ1) is 15.3. The van der Waals surface area contributed by atoms with E-state index in [2.05, 4.69) is 50.5 Å². The number of nitrogens with one attached hydrogen (secondary N) is 1. The summed E-state index contributed by atoms with van der Waals surface area (Å²) in [6.45, 7) is 0. The topological polar surface area (TPSA) is 24.9 Å². The van der Waals surface area contributed by atoms with E-state index >= 15 is 0 Å². The van der Waals surface area contributed by atoms with Gasteiger partial charge < -0.3 is 5.32 Å². The summed E-state index contributed by atoms with van der Waals surface area (Å²) in [5.41, 5.74) is 3.04. The lowest BCUT2D eigenvalue weighted by molar-refractivity contribution is 0.194. The van der Waals surface area contributed by atoms with Crippen molar-refractivity contribution in [3.05, 3.63) is 70.1 Å². The van der Waals surface area contributed by atoms with Gasteiger partial charge in [-0.25, -0.2) is 9.37 Å². The average molecular weight is 397 g/mol. The van der Waals surface area contributed by atoms with Crippen molar-refractivity contribution in [2.75, 3.05) is 5.32 Å². The molecule has 4 heteroatoms. The Labute approximate surface area is 154 Å². The minimum absolute atomic E-state index is 0.215. The molecule has 0 aliphatic heterocycles. The lowest BCUT2D eigenvalue weighted by atomic mass is 9.60. The molecule has 3 aromatic rings. The predicted molar refractivity (Wildman–Crippen MR) is 102 cm³/mol. The number of benzene rings is 2. The molecule has 1 aromatic heterocycles. The number of rotatable bonds is 2. The first-order chi connectivity index (χ1) is 12.2. The maximum absolute atomic E-state index is 14.2. The highest BCUT2D eigenvalue weighted by atomic mass is 79.9. The van der Waals surface area contributed by atoms with Crippen molar-refractivity contribution in [2.24, 2.45) is 5.92 Å². The van der Waals surface area contributed by atoms with E-state index in [1.807, 2.05) is 6.07 Å². The fourth-order valence-electron chi connectivity index (χ4n) is 4.59. The zero-order valence-corrected chi connectivity index (χ0v) is 15.3. The van der Waals surface area contributed by atoms with E-state index in [9.17, 15) is 4.39 Å². The Morgan fingerprint density at radius 3 is 2.92 bits per heavy atom. The maximum atomic E-state index is 14.2. The lowest BCUT2D eigenvalue weighted by Gasteiger charge is -2.49. The summed E-state index contributed by atoms with van der Waals surface area (Å²) in [7, 11) is 0. The van der Waals surface area contributed by atoms with Gasteiger partial charge in [0.1, 0.15) is 11.6 Å². The molecule has 2 aliphatic rings. The van der Waals surface area contributed by atoms with E-state index in [0.717, 1.165) is 24.0 Å². The molecule has 0 radical (unpaired) electrons. The first-order valence-electron chi connectivity index (χ1n) is 8.79. The van der Waals surface area contributed by atoms with Gasteiger partial charge in [-0.3, -0.25) is 0 Å². The number of aryl methyl sites for hydroxylation is 1. The molecule has 3 atom stereocenters. The molecule has 1 heterocycles. The average Bonchev–Trinajstić information content (AvgIpc) is 2.61. The van der Waals surface area contributed by atoms with Gasteiger partial charge in [0.05, 0.1) is 0 Å². The lowest BCUT2D eigenvalue weighted by Crippen LogP contribution is -2.47. The van der Waals surface area contributed by atoms with Crippen molar-refractivity contribution >= 4 is 32.5 Å². The van der Waals surface area contributed by atoms with Crippen LogP contribution in [-0.2, 0) is 6.42 Å². The normalized spacial score (nSPS) is 24.3. The molecule has 0 amide bonds. The third-order valence-corrected chi connectivity index (χ3v) is 6.48. The van der Waals surface area contributed by atoms with Crippen LogP contribution in [0.2, 0.25) is 0 Å². The maximum Gasteiger partial charge on any atom is 0.134 e. The largest absolute Gasteiger partial charge is 0.367 e. The Bertz CT molecular complexity index is 963. The van der Waals surface area contributed by atoms with E-state index in [-0.39, 0.29) is 5.82 Å². The summed E-state index contributed by atoms with van der Waals surface area (Å²) >= 11 is 3.42. The van der Waals surface area contributed by atoms with Gasteiger partial charge in [0, 0.05) is 27.5 Å². The van der Waals surface area contributed by atoms with Crippen LogP contribution < -0.4 is 5.32 Å². The van der Waals surface area contributed by atoms with E-state index in [4.69, 9.17) is 0 Å². The third-order valence-electron chi connectivity index (χ3n) is 5.88. The smallest absolute Gasteiger partial charge is 0.134 e. The van der Waals surface area contributed by atoms with Crippen LogP contribution in [0.1, 0.15) is 29.9 Å². The van der Waals surface area contributed by atoms with Crippen molar-refractivity contribution in [1.82, 2.24) is 4.98 Å². The predicted octanol–water partition coefficient (Wildman–Crippen LogP) is 5.67. The second-order valence-corrected chi connectivity index (χ2v) is 7.97. The molecule has 2 aliphatic carbocycles. The zero-order valence-electron chi connectivity index (χ0n) is 13.7. The number of anilines is 1. The Balaban J connectivity index is 1.44. The van der Waals surface area contributed by atoms with Crippen LogP contribution in [0.5, 0.6) is 0 Å². The van der Waals surface area contributed by atoms with Crippen molar-refractivity contribution in [3.63, 3.8) is 0 Å². The van der Waals surface area contributed by atoms with Gasteiger partial charge in [-0.1, -0.05) is 36.4 Å². The van der Waals surface area contributed by atoms with Crippen LogP contribution in [0.25, 0.3) is 10.8 Å². The van der Waals surface area contributed by atoms with Gasteiger partial charge in [0.2, 0.25) is 0 Å². The third kappa shape index (κ3) is 2.38. The zero-order chi connectivity index (χ0) is 17.0. The Hall–Kier alpha value is -1.94. The minimum atomic E-state index is -0.215. The molecule has 25 heavy (non-hydrogen) atoms. The minimum Gasteiger partial charge on any atom is -0.367 e. The number of aromatic nitrogens is 1. The Morgan fingerprint density at radius 2 is 2.00 bits per heavy atom. The molecule has 1 saturated carbocycles. The molecule has 0 bridgehead atoms. The molecule has 0 saturated heterocycles. The molecule has 5 rings (SSSR count). The number of fused-ring (bicyclic) bond motifs is 4. The summed E-state index contributed by atoms with van der Waals surface area (Å²) in [6, 6.07) is 14.4. The van der Waals surface area contributed by atoms with Crippen LogP contribution in [0.4, 0.5) is 10.2 Å². The van der Waals surface area contributed by atoms with Gasteiger partial charge in [-0.05, 0) is 64.2 Å². The Kier molecular flexibility index (Phi) is 3.56.